The zero-order valence-corrected chi connectivity index (χ0v) is 12.2. The summed E-state index contributed by atoms with van der Waals surface area (Å²) >= 11 is 0. The largest absolute Gasteiger partial charge is 0.356 e. The highest BCUT2D eigenvalue weighted by atomic mass is 16.7. The topological polar surface area (TPSA) is 153 Å². The van der Waals surface area contributed by atoms with E-state index in [1.807, 2.05) is 10.9 Å². The second kappa shape index (κ2) is 7.85. The first-order chi connectivity index (χ1) is 9.12. The van der Waals surface area contributed by atoms with E-state index in [0.29, 0.717) is 6.42 Å². The molecule has 118 valence electrons. The van der Waals surface area contributed by atoms with Gasteiger partial charge in [0, 0.05) is 6.42 Å². The van der Waals surface area contributed by atoms with Gasteiger partial charge in [0.25, 0.3) is 0 Å². The van der Waals surface area contributed by atoms with Gasteiger partial charge in [-0.15, -0.1) is 0 Å². The van der Waals surface area contributed by atoms with Crippen LogP contribution in [-0.4, -0.2) is 30.0 Å². The Labute approximate surface area is 117 Å². The maximum Gasteiger partial charge on any atom is 0.352 e. The Bertz CT molecular complexity index is 334. The highest BCUT2D eigenvalue weighted by Crippen LogP contribution is 2.15. The number of carbonyl (C=O) groups excluding carboxylic acids is 2. The summed E-state index contributed by atoms with van der Waals surface area (Å²) in [6, 6.07) is -1.20. The van der Waals surface area contributed by atoms with Crippen molar-refractivity contribution in [2.24, 2.45) is 11.7 Å². The van der Waals surface area contributed by atoms with Crippen molar-refractivity contribution in [2.75, 3.05) is 6.61 Å². The van der Waals surface area contributed by atoms with Gasteiger partial charge < -0.3 is 10.1 Å². The Balaban J connectivity index is 4.07. The molecule has 8 N–H and O–H groups in total. The highest BCUT2D eigenvalue weighted by Gasteiger charge is 2.24. The van der Waals surface area contributed by atoms with Crippen LogP contribution in [0.25, 0.3) is 0 Å². The minimum absolute atomic E-state index is 0.288. The van der Waals surface area contributed by atoms with Crippen LogP contribution in [-0.2, 0) is 9.57 Å². The first kappa shape index (κ1) is 18.4. The lowest BCUT2D eigenvalue weighted by Gasteiger charge is -2.29. The molecule has 0 radical (unpaired) electrons. The molecule has 0 saturated carbocycles. The van der Waals surface area contributed by atoms with Crippen molar-refractivity contribution >= 4 is 12.1 Å². The molecule has 0 saturated heterocycles. The van der Waals surface area contributed by atoms with Gasteiger partial charge in [-0.05, 0) is 27.7 Å². The van der Waals surface area contributed by atoms with Crippen molar-refractivity contribution in [3.05, 3.63) is 0 Å². The van der Waals surface area contributed by atoms with Crippen LogP contribution in [0.3, 0.4) is 0 Å². The number of carbonyl (C=O) groups is 2. The second-order valence-corrected chi connectivity index (χ2v) is 5.14. The van der Waals surface area contributed by atoms with E-state index >= 15 is 0 Å². The summed E-state index contributed by atoms with van der Waals surface area (Å²) in [5, 5.41) is 2.52. The average Bonchev–Trinajstić information content (AvgIpc) is 2.34. The average molecular weight is 292 g/mol. The number of urea groups is 2. The molecule has 0 heterocycles. The monoisotopic (exact) mass is 292 g/mol. The van der Waals surface area contributed by atoms with Gasteiger partial charge in [0.2, 0.25) is 0 Å². The van der Waals surface area contributed by atoms with E-state index in [0.717, 1.165) is 0 Å². The molecule has 0 aliphatic heterocycles. The van der Waals surface area contributed by atoms with Crippen molar-refractivity contribution in [1.29, 1.82) is 0 Å². The number of nitrogens with one attached hydrogen (secondary N) is 4. The summed E-state index contributed by atoms with van der Waals surface area (Å²) in [4.78, 5) is 27.1. The first-order valence-corrected chi connectivity index (χ1v) is 5.99. The number of ether oxygens (including phenoxy) is 1. The molecule has 0 aromatic carbocycles. The zero-order valence-electron chi connectivity index (χ0n) is 12.2. The van der Waals surface area contributed by atoms with Crippen LogP contribution >= 0.6 is 0 Å². The maximum absolute atomic E-state index is 11.1. The molecule has 20 heavy (non-hydrogen) atoms. The summed E-state index contributed by atoms with van der Waals surface area (Å²) in [5.74, 6) is 9.86. The fraction of sp³-hybridized carbons (Fsp3) is 0.800. The van der Waals surface area contributed by atoms with Gasteiger partial charge in [-0.3, -0.25) is 15.7 Å². The van der Waals surface area contributed by atoms with Gasteiger partial charge in [-0.25, -0.2) is 26.8 Å². The van der Waals surface area contributed by atoms with Crippen LogP contribution in [0.1, 0.15) is 34.1 Å². The molecular weight excluding hydrogens is 268 g/mol. The molecule has 10 nitrogen and oxygen atoms in total. The molecule has 0 rings (SSSR count). The summed E-state index contributed by atoms with van der Waals surface area (Å²) in [7, 11) is 0. The molecule has 4 amide bonds. The van der Waals surface area contributed by atoms with Gasteiger partial charge in [-0.2, -0.15) is 0 Å². The smallest absolute Gasteiger partial charge is 0.352 e. The number of amides is 4. The van der Waals surface area contributed by atoms with Crippen molar-refractivity contribution in [3.63, 3.8) is 0 Å². The third-order valence-corrected chi connectivity index (χ3v) is 2.26. The molecule has 0 fully saturated rings. The normalized spacial score (nSPS) is 11.7. The van der Waals surface area contributed by atoms with E-state index < -0.39 is 23.4 Å². The standard InChI is InChI=1S/C10H24N6O4/c1-9(2,20-16-8(18)15-12)5-6-19-10(3,4)13-7(17)14-11/h5-6,11-12H2,1-4H3,(H2,13,14,17)(H2,15,16,18). The van der Waals surface area contributed by atoms with Crippen molar-refractivity contribution in [2.45, 2.75) is 45.4 Å². The van der Waals surface area contributed by atoms with Crippen molar-refractivity contribution in [3.8, 4) is 0 Å². The van der Waals surface area contributed by atoms with Crippen molar-refractivity contribution < 1.29 is 19.2 Å². The van der Waals surface area contributed by atoms with Gasteiger partial charge in [-0.1, -0.05) is 0 Å². The van der Waals surface area contributed by atoms with E-state index in [9.17, 15) is 9.59 Å². The Morgan fingerprint density at radius 1 is 1.05 bits per heavy atom. The fourth-order valence-electron chi connectivity index (χ4n) is 1.16. The van der Waals surface area contributed by atoms with E-state index in [1.165, 1.54) is 0 Å². The number of hydrogen-bond donors (Lipinski definition) is 6. The van der Waals surface area contributed by atoms with Crippen LogP contribution in [0.15, 0.2) is 0 Å². The first-order valence-electron chi connectivity index (χ1n) is 5.99. The zero-order chi connectivity index (χ0) is 15.8. The van der Waals surface area contributed by atoms with Gasteiger partial charge in [0.15, 0.2) is 0 Å². The molecule has 0 bridgehead atoms. The lowest BCUT2D eigenvalue weighted by Crippen LogP contribution is -2.52. The number of nitrogens with two attached hydrogens (primary N) is 2. The molecule has 10 heteroatoms. The summed E-state index contributed by atoms with van der Waals surface area (Å²) < 4.78 is 5.51. The fourth-order valence-corrected chi connectivity index (χ4v) is 1.16. The predicted octanol–water partition coefficient (Wildman–Crippen LogP) is -0.815. The molecule has 0 spiro atoms. The van der Waals surface area contributed by atoms with Crippen LogP contribution < -0.4 is 33.3 Å². The minimum Gasteiger partial charge on any atom is -0.356 e. The van der Waals surface area contributed by atoms with E-state index in [2.05, 4.69) is 10.8 Å². The third-order valence-electron chi connectivity index (χ3n) is 2.26. The van der Waals surface area contributed by atoms with Gasteiger partial charge >= 0.3 is 12.1 Å². The van der Waals surface area contributed by atoms with E-state index in [1.54, 1.807) is 27.7 Å². The molecular formula is C10H24N6O4. The molecule has 0 unspecified atom stereocenters. The molecule has 0 aromatic rings. The Hall–Kier alpha value is -1.62. The summed E-state index contributed by atoms with van der Waals surface area (Å²) in [5.41, 5.74) is 4.40. The highest BCUT2D eigenvalue weighted by molar-refractivity contribution is 5.73. The Morgan fingerprint density at radius 3 is 2.10 bits per heavy atom. The van der Waals surface area contributed by atoms with E-state index in [4.69, 9.17) is 21.3 Å². The molecule has 0 aliphatic carbocycles. The van der Waals surface area contributed by atoms with Crippen LogP contribution in [0, 0.1) is 0 Å². The molecule has 0 aromatic heterocycles. The molecule has 0 atom stereocenters. The quantitative estimate of drug-likeness (QED) is 0.156. The Morgan fingerprint density at radius 2 is 1.60 bits per heavy atom. The minimum atomic E-state index is -0.887. The van der Waals surface area contributed by atoms with Crippen LogP contribution in [0.2, 0.25) is 0 Å². The Kier molecular flexibility index (Phi) is 7.21. The maximum atomic E-state index is 11.1. The number of rotatable bonds is 7. The lowest BCUT2D eigenvalue weighted by molar-refractivity contribution is -0.102. The van der Waals surface area contributed by atoms with Crippen LogP contribution in [0.4, 0.5) is 9.59 Å². The second-order valence-electron chi connectivity index (χ2n) is 5.14. The van der Waals surface area contributed by atoms with Crippen LogP contribution in [0.5, 0.6) is 0 Å². The predicted molar refractivity (Wildman–Crippen MR) is 71.5 cm³/mol. The molecule has 0 aliphatic rings. The number of hydrazine groups is 2. The van der Waals surface area contributed by atoms with E-state index in [-0.39, 0.29) is 6.61 Å². The lowest BCUT2D eigenvalue weighted by atomic mass is 10.1. The van der Waals surface area contributed by atoms with Gasteiger partial charge in [0.1, 0.15) is 5.72 Å². The van der Waals surface area contributed by atoms with Crippen molar-refractivity contribution in [1.82, 2.24) is 21.6 Å². The summed E-state index contributed by atoms with van der Waals surface area (Å²) in [6.45, 7) is 7.17. The SMILES string of the molecule is CC(C)(CCOC(C)(C)NC(=O)NN)ONC(=O)NN. The number of hydrogen-bond acceptors (Lipinski definition) is 6. The number of hydroxylamine groups is 1. The van der Waals surface area contributed by atoms with Gasteiger partial charge in [0.05, 0.1) is 12.2 Å². The third kappa shape index (κ3) is 8.48. The summed E-state index contributed by atoms with van der Waals surface area (Å²) in [6.07, 6.45) is 0.465.